The van der Waals surface area contributed by atoms with E-state index in [1.807, 2.05) is 28.7 Å². The van der Waals surface area contributed by atoms with Gasteiger partial charge in [-0.2, -0.15) is 0 Å². The maximum absolute atomic E-state index is 14.3. The molecule has 3 aromatic rings. The van der Waals surface area contributed by atoms with E-state index in [0.717, 1.165) is 15.4 Å². The summed E-state index contributed by atoms with van der Waals surface area (Å²) in [7, 11) is 1.39. The predicted molar refractivity (Wildman–Crippen MR) is 176 cm³/mol. The molecule has 7 rings (SSSR count). The van der Waals surface area contributed by atoms with Gasteiger partial charge in [0.1, 0.15) is 0 Å². The lowest BCUT2D eigenvalue weighted by Crippen LogP contribution is -2.43. The molecule has 1 saturated carbocycles. The Morgan fingerprint density at radius 2 is 1.29 bits per heavy atom. The monoisotopic (exact) mass is 764 g/mol. The quantitative estimate of drug-likeness (QED) is 0.119. The number of phenolic OH excluding ortho intramolecular Hbond substituents is 1. The Morgan fingerprint density at radius 3 is 1.81 bits per heavy atom. The minimum atomic E-state index is -0.908. The van der Waals surface area contributed by atoms with Gasteiger partial charge in [-0.05, 0) is 83.3 Å². The Kier molecular flexibility index (Phi) is 7.53. The number of hydrogen-bond donors (Lipinski definition) is 1. The molecule has 14 nitrogen and oxygen atoms in total. The lowest BCUT2D eigenvalue weighted by atomic mass is 9.57. The van der Waals surface area contributed by atoms with Crippen molar-refractivity contribution in [1.29, 1.82) is 0 Å². The standard InChI is InChI=1S/C33H25IN4O10/c1-48-25-13-15(12-24(34)29(25)39)26-20-10-11-21-27(32(42)35(30(21)40)16-2-6-18(7-3-16)37(44)45)22(20)14-23-28(26)33(43)36(31(23)41)17-4-8-19(9-5-17)38(46)47/h2-10,12-13,21-23,26-28,39H,11,14H2,1H3. The first-order valence-electron chi connectivity index (χ1n) is 14.9. The summed E-state index contributed by atoms with van der Waals surface area (Å²) in [5.41, 5.74) is 1.28. The Morgan fingerprint density at radius 1 is 0.771 bits per heavy atom. The van der Waals surface area contributed by atoms with Crippen LogP contribution in [0, 0.1) is 53.4 Å². The van der Waals surface area contributed by atoms with Gasteiger partial charge in [0.05, 0.1) is 55.6 Å². The zero-order valence-corrected chi connectivity index (χ0v) is 27.2. The number of nitro benzene ring substituents is 2. The average Bonchev–Trinajstić information content (AvgIpc) is 3.48. The smallest absolute Gasteiger partial charge is 0.269 e. The van der Waals surface area contributed by atoms with Gasteiger partial charge in [-0.3, -0.25) is 49.2 Å². The van der Waals surface area contributed by atoms with Crippen molar-refractivity contribution in [3.63, 3.8) is 0 Å². The summed E-state index contributed by atoms with van der Waals surface area (Å²) >= 11 is 1.95. The number of aromatic hydroxyl groups is 1. The van der Waals surface area contributed by atoms with Crippen LogP contribution in [0.3, 0.4) is 0 Å². The number of nitrogens with zero attached hydrogens (tertiary/aromatic N) is 4. The van der Waals surface area contributed by atoms with Crippen LogP contribution in [0.15, 0.2) is 72.3 Å². The zero-order valence-electron chi connectivity index (χ0n) is 25.0. The number of halogens is 1. The van der Waals surface area contributed by atoms with Crippen molar-refractivity contribution in [2.45, 2.75) is 18.8 Å². The minimum absolute atomic E-state index is 0.0971. The summed E-state index contributed by atoms with van der Waals surface area (Å²) in [4.78, 5) is 79.7. The van der Waals surface area contributed by atoms with E-state index in [2.05, 4.69) is 0 Å². The molecule has 0 aromatic heterocycles. The Balaban J connectivity index is 1.33. The van der Waals surface area contributed by atoms with Crippen molar-refractivity contribution in [3.8, 4) is 11.5 Å². The number of carbonyl (C=O) groups is 4. The summed E-state index contributed by atoms with van der Waals surface area (Å²) in [6.07, 6.45) is 2.16. The molecule has 0 bridgehead atoms. The number of imide groups is 2. The fourth-order valence-corrected chi connectivity index (χ4v) is 8.47. The zero-order chi connectivity index (χ0) is 34.2. The van der Waals surface area contributed by atoms with Crippen molar-refractivity contribution in [2.75, 3.05) is 16.9 Å². The van der Waals surface area contributed by atoms with Crippen LogP contribution in [0.4, 0.5) is 22.7 Å². The number of benzene rings is 3. The number of anilines is 2. The van der Waals surface area contributed by atoms with E-state index in [0.29, 0.717) is 9.13 Å². The van der Waals surface area contributed by atoms with E-state index < -0.39 is 69.0 Å². The number of hydrogen-bond acceptors (Lipinski definition) is 10. The van der Waals surface area contributed by atoms with Gasteiger partial charge in [0, 0.05) is 30.2 Å². The Labute approximate surface area is 285 Å². The third-order valence-corrected chi connectivity index (χ3v) is 10.7. The second-order valence-corrected chi connectivity index (χ2v) is 13.3. The number of ether oxygens (including phenoxy) is 1. The molecular formula is C33H25IN4O10. The highest BCUT2D eigenvalue weighted by Crippen LogP contribution is 2.59. The van der Waals surface area contributed by atoms with E-state index in [-0.39, 0.29) is 47.1 Å². The predicted octanol–water partition coefficient (Wildman–Crippen LogP) is 4.87. The first kappa shape index (κ1) is 31.4. The normalized spacial score (nSPS) is 26.2. The number of amides is 4. The van der Waals surface area contributed by atoms with Crippen LogP contribution in [0.5, 0.6) is 11.5 Å². The van der Waals surface area contributed by atoms with Gasteiger partial charge in [0.2, 0.25) is 23.6 Å². The first-order chi connectivity index (χ1) is 22.9. The van der Waals surface area contributed by atoms with Gasteiger partial charge in [-0.1, -0.05) is 11.6 Å². The van der Waals surface area contributed by atoms with Crippen molar-refractivity contribution in [1.82, 2.24) is 0 Å². The molecule has 2 aliphatic heterocycles. The maximum Gasteiger partial charge on any atom is 0.269 e. The summed E-state index contributed by atoms with van der Waals surface area (Å²) < 4.78 is 5.86. The van der Waals surface area contributed by atoms with E-state index in [4.69, 9.17) is 4.74 Å². The molecule has 2 aliphatic carbocycles. The van der Waals surface area contributed by atoms with Crippen LogP contribution in [0.25, 0.3) is 0 Å². The van der Waals surface area contributed by atoms with E-state index >= 15 is 0 Å². The van der Waals surface area contributed by atoms with Crippen molar-refractivity contribution < 1.29 is 38.9 Å². The fraction of sp³-hybridized carbons (Fsp3) is 0.273. The van der Waals surface area contributed by atoms with Crippen LogP contribution in [0.1, 0.15) is 24.3 Å². The van der Waals surface area contributed by atoms with Gasteiger partial charge >= 0.3 is 0 Å². The SMILES string of the molecule is COc1cc(C2C3=CCC4C(=O)N(c5ccc([N+](=O)[O-])cc5)C(=O)C4C3CC3C(=O)N(c4ccc([N+](=O)[O-])cc4)C(=O)C32)cc(I)c1O. The molecule has 2 saturated heterocycles. The van der Waals surface area contributed by atoms with E-state index in [9.17, 15) is 44.5 Å². The molecule has 0 radical (unpaired) electrons. The van der Waals surface area contributed by atoms with Gasteiger partial charge < -0.3 is 9.84 Å². The number of nitro groups is 2. The lowest BCUT2D eigenvalue weighted by Gasteiger charge is -2.44. The molecular weight excluding hydrogens is 739 g/mol. The summed E-state index contributed by atoms with van der Waals surface area (Å²) in [5.74, 6) is -6.65. The average molecular weight is 764 g/mol. The molecule has 48 heavy (non-hydrogen) atoms. The number of non-ortho nitro benzene ring substituents is 2. The number of carbonyl (C=O) groups excluding carboxylic acids is 4. The third kappa shape index (κ3) is 4.66. The number of rotatable bonds is 6. The lowest BCUT2D eigenvalue weighted by molar-refractivity contribution is -0.385. The first-order valence-corrected chi connectivity index (χ1v) is 16.0. The van der Waals surface area contributed by atoms with Gasteiger partial charge in [0.25, 0.3) is 11.4 Å². The maximum atomic E-state index is 14.3. The Hall–Kier alpha value is -5.19. The van der Waals surface area contributed by atoms with E-state index in [1.165, 1.54) is 55.6 Å². The van der Waals surface area contributed by atoms with Crippen LogP contribution in [-0.4, -0.2) is 45.7 Å². The minimum Gasteiger partial charge on any atom is -0.504 e. The van der Waals surface area contributed by atoms with Crippen LogP contribution >= 0.6 is 22.6 Å². The summed E-state index contributed by atoms with van der Waals surface area (Å²) in [5, 5.41) is 33.1. The number of methoxy groups -OCH3 is 1. The summed E-state index contributed by atoms with van der Waals surface area (Å²) in [6.45, 7) is 0. The molecule has 2 heterocycles. The largest absolute Gasteiger partial charge is 0.504 e. The summed E-state index contributed by atoms with van der Waals surface area (Å²) in [6, 6.07) is 13.6. The molecule has 3 fully saturated rings. The van der Waals surface area contributed by atoms with Gasteiger partial charge in [-0.15, -0.1) is 0 Å². The molecule has 1 N–H and O–H groups in total. The fourth-order valence-electron chi connectivity index (χ4n) is 7.85. The highest BCUT2D eigenvalue weighted by molar-refractivity contribution is 14.1. The number of phenols is 1. The van der Waals surface area contributed by atoms with Gasteiger partial charge in [-0.25, -0.2) is 0 Å². The second kappa shape index (κ2) is 11.5. The number of allylic oxidation sites excluding steroid dienone is 2. The molecule has 4 aliphatic rings. The molecule has 6 atom stereocenters. The molecule has 0 spiro atoms. The van der Waals surface area contributed by atoms with Gasteiger partial charge in [0.15, 0.2) is 11.5 Å². The molecule has 244 valence electrons. The highest BCUT2D eigenvalue weighted by atomic mass is 127. The van der Waals surface area contributed by atoms with Crippen molar-refractivity contribution >= 4 is 69.0 Å². The Bertz CT molecular complexity index is 1980. The van der Waals surface area contributed by atoms with Crippen LogP contribution < -0.4 is 14.5 Å². The second-order valence-electron chi connectivity index (χ2n) is 12.1. The highest BCUT2D eigenvalue weighted by Gasteiger charge is 2.62. The van der Waals surface area contributed by atoms with Crippen molar-refractivity contribution in [2.24, 2.45) is 29.6 Å². The van der Waals surface area contributed by atoms with Crippen LogP contribution in [-0.2, 0) is 19.2 Å². The third-order valence-electron chi connectivity index (χ3n) is 9.92. The topological polar surface area (TPSA) is 190 Å². The van der Waals surface area contributed by atoms with Crippen LogP contribution in [0.2, 0.25) is 0 Å². The number of fused-ring (bicyclic) bond motifs is 4. The van der Waals surface area contributed by atoms with E-state index in [1.54, 1.807) is 12.1 Å². The molecule has 4 amide bonds. The molecule has 3 aromatic carbocycles. The molecule has 15 heteroatoms. The molecule has 6 unspecified atom stereocenters. The van der Waals surface area contributed by atoms with Crippen molar-refractivity contribution in [3.05, 3.63) is 102 Å².